The summed E-state index contributed by atoms with van der Waals surface area (Å²) in [5.74, 6) is 3.38. The molecule has 2 atom stereocenters. The van der Waals surface area contributed by atoms with Gasteiger partial charge in [-0.3, -0.25) is 4.79 Å². The average Bonchev–Trinajstić information content (AvgIpc) is 3.57. The lowest BCUT2D eigenvalue weighted by Crippen LogP contribution is -2.17. The Balaban J connectivity index is 0.000000236. The molecule has 1 aliphatic carbocycles. The van der Waals surface area contributed by atoms with Crippen molar-refractivity contribution in [2.24, 2.45) is 17.8 Å². The molecule has 1 aromatic carbocycles. The molecule has 2 unspecified atom stereocenters. The quantitative estimate of drug-likeness (QED) is 0.394. The van der Waals surface area contributed by atoms with Crippen LogP contribution in [0, 0.1) is 36.0 Å². The highest BCUT2D eigenvalue weighted by Gasteiger charge is 2.23. The van der Waals surface area contributed by atoms with Crippen LogP contribution in [0.4, 0.5) is 0 Å². The summed E-state index contributed by atoms with van der Waals surface area (Å²) in [5.41, 5.74) is 1.61. The number of aldehydes is 1. The van der Waals surface area contributed by atoms with Crippen LogP contribution in [0.15, 0.2) is 41.0 Å². The van der Waals surface area contributed by atoms with E-state index in [2.05, 4.69) is 37.1 Å². The van der Waals surface area contributed by atoms with E-state index in [1.54, 1.807) is 24.3 Å². The van der Waals surface area contributed by atoms with Crippen molar-refractivity contribution in [2.75, 3.05) is 20.1 Å². The number of hydrogen-bond donors (Lipinski definition) is 0. The van der Waals surface area contributed by atoms with E-state index in [1.807, 2.05) is 19.1 Å². The number of carbonyl (C=O) groups is 1. The number of likely N-dealkylation sites (tertiary alicyclic amines) is 1. The molecule has 1 aliphatic heterocycles. The van der Waals surface area contributed by atoms with Gasteiger partial charge in [-0.25, -0.2) is 0 Å². The second-order valence-corrected chi connectivity index (χ2v) is 10.2. The molecule has 0 spiro atoms. The normalized spacial score (nSPS) is 18.5. The molecule has 2 aliphatic rings. The molecule has 0 amide bonds. The van der Waals surface area contributed by atoms with Gasteiger partial charge in [-0.15, -0.1) is 0 Å². The lowest BCUT2D eigenvalue weighted by atomic mass is 9.88. The molecule has 194 valence electrons. The van der Waals surface area contributed by atoms with Crippen LogP contribution in [0.2, 0.25) is 5.02 Å². The van der Waals surface area contributed by atoms with E-state index in [0.717, 1.165) is 23.3 Å². The van der Waals surface area contributed by atoms with Gasteiger partial charge in [0.2, 0.25) is 0 Å². The number of nitriles is 1. The van der Waals surface area contributed by atoms with Crippen molar-refractivity contribution in [3.05, 3.63) is 58.5 Å². The fourth-order valence-electron chi connectivity index (χ4n) is 4.43. The van der Waals surface area contributed by atoms with Crippen molar-refractivity contribution in [3.63, 3.8) is 0 Å². The maximum atomic E-state index is 9.77. The monoisotopic (exact) mass is 500 g/mol. The van der Waals surface area contributed by atoms with Crippen LogP contribution in [0.5, 0.6) is 0 Å². The Morgan fingerprint density at radius 2 is 1.91 bits per heavy atom. The van der Waals surface area contributed by atoms with E-state index in [4.69, 9.17) is 16.9 Å². The van der Waals surface area contributed by atoms with Crippen molar-refractivity contribution >= 4 is 17.9 Å². The number of hydrogen-bond acceptors (Lipinski definition) is 4. The van der Waals surface area contributed by atoms with Crippen molar-refractivity contribution in [2.45, 2.75) is 79.1 Å². The van der Waals surface area contributed by atoms with Crippen LogP contribution in [0.3, 0.4) is 0 Å². The Kier molecular flexibility index (Phi) is 16.1. The summed E-state index contributed by atoms with van der Waals surface area (Å²) in [6.45, 7) is 11.6. The summed E-state index contributed by atoms with van der Waals surface area (Å²) in [5, 5.41) is 9.00. The van der Waals surface area contributed by atoms with E-state index >= 15 is 0 Å². The minimum absolute atomic E-state index is 0.375. The third-order valence-electron chi connectivity index (χ3n) is 7.08. The third-order valence-corrected chi connectivity index (χ3v) is 7.40. The predicted molar refractivity (Wildman–Crippen MR) is 147 cm³/mol. The lowest BCUT2D eigenvalue weighted by molar-refractivity contribution is 0.110. The molecular formula is C30H45ClN2O2. The zero-order valence-electron chi connectivity index (χ0n) is 22.4. The van der Waals surface area contributed by atoms with Gasteiger partial charge in [0.1, 0.15) is 6.07 Å². The Bertz CT molecular complexity index is 854. The van der Waals surface area contributed by atoms with Gasteiger partial charge in [-0.2, -0.15) is 5.26 Å². The summed E-state index contributed by atoms with van der Waals surface area (Å²) in [6.07, 6.45) is 13.8. The van der Waals surface area contributed by atoms with Crippen molar-refractivity contribution < 1.29 is 9.21 Å². The molecular weight excluding hydrogens is 456 g/mol. The topological polar surface area (TPSA) is 57.2 Å². The molecule has 1 aromatic heterocycles. The van der Waals surface area contributed by atoms with Crippen LogP contribution in [0.1, 0.15) is 93.8 Å². The molecule has 2 fully saturated rings. The third kappa shape index (κ3) is 13.0. The minimum atomic E-state index is 0.375. The summed E-state index contributed by atoms with van der Waals surface area (Å²) in [7, 11) is 2.22. The second kappa shape index (κ2) is 18.2. The average molecular weight is 501 g/mol. The van der Waals surface area contributed by atoms with Gasteiger partial charge in [0.15, 0.2) is 12.0 Å². The number of aryl methyl sites for hydroxylation is 1. The smallest absolute Gasteiger partial charge is 0.185 e. The number of benzene rings is 1. The van der Waals surface area contributed by atoms with E-state index in [1.165, 1.54) is 70.7 Å². The summed E-state index contributed by atoms with van der Waals surface area (Å²) >= 11 is 5.71. The SMILES string of the molecule is CCC(C)C1CCN(C)C1.CCC1CCCCC1.Cc1ccc(C#N)c(Cl)c1.O=Cc1ccco1. The number of furan rings is 1. The maximum absolute atomic E-state index is 9.77. The van der Waals surface area contributed by atoms with Crippen LogP contribution >= 0.6 is 11.6 Å². The van der Waals surface area contributed by atoms with Gasteiger partial charge in [0.25, 0.3) is 0 Å². The highest BCUT2D eigenvalue weighted by Crippen LogP contribution is 2.25. The first-order chi connectivity index (χ1) is 16.8. The Hall–Kier alpha value is -2.09. The second-order valence-electron chi connectivity index (χ2n) is 9.84. The highest BCUT2D eigenvalue weighted by atomic mass is 35.5. The molecule has 2 aromatic rings. The molecule has 4 rings (SSSR count). The van der Waals surface area contributed by atoms with Gasteiger partial charge in [0.05, 0.1) is 16.8 Å². The number of carbonyl (C=O) groups excluding carboxylic acids is 1. The molecule has 0 radical (unpaired) electrons. The summed E-state index contributed by atoms with van der Waals surface area (Å²) in [6, 6.07) is 10.6. The first kappa shape index (κ1) is 30.9. The van der Waals surface area contributed by atoms with Gasteiger partial charge in [0, 0.05) is 6.54 Å². The highest BCUT2D eigenvalue weighted by molar-refractivity contribution is 6.31. The predicted octanol–water partition coefficient (Wildman–Crippen LogP) is 8.57. The van der Waals surface area contributed by atoms with Crippen molar-refractivity contribution in [1.82, 2.24) is 4.90 Å². The molecule has 4 nitrogen and oxygen atoms in total. The molecule has 1 saturated heterocycles. The van der Waals surface area contributed by atoms with Crippen LogP contribution in [-0.4, -0.2) is 31.3 Å². The van der Waals surface area contributed by atoms with Gasteiger partial charge >= 0.3 is 0 Å². The van der Waals surface area contributed by atoms with Gasteiger partial charge < -0.3 is 9.32 Å². The fraction of sp³-hybridized carbons (Fsp3) is 0.600. The molecule has 5 heteroatoms. The Morgan fingerprint density at radius 3 is 2.31 bits per heavy atom. The van der Waals surface area contributed by atoms with E-state index in [0.29, 0.717) is 22.6 Å². The molecule has 0 bridgehead atoms. The van der Waals surface area contributed by atoms with Gasteiger partial charge in [-0.05, 0) is 74.5 Å². The van der Waals surface area contributed by atoms with E-state index in [9.17, 15) is 4.79 Å². The van der Waals surface area contributed by atoms with E-state index < -0.39 is 0 Å². The van der Waals surface area contributed by atoms with Crippen molar-refractivity contribution in [1.29, 1.82) is 5.26 Å². The van der Waals surface area contributed by atoms with Crippen molar-refractivity contribution in [3.8, 4) is 6.07 Å². The molecule has 35 heavy (non-hydrogen) atoms. The first-order valence-corrected chi connectivity index (χ1v) is 13.6. The molecule has 1 saturated carbocycles. The zero-order valence-corrected chi connectivity index (χ0v) is 23.2. The minimum Gasteiger partial charge on any atom is -0.462 e. The zero-order chi connectivity index (χ0) is 26.1. The van der Waals surface area contributed by atoms with Crippen LogP contribution in [-0.2, 0) is 0 Å². The fourth-order valence-corrected chi connectivity index (χ4v) is 4.71. The Morgan fingerprint density at radius 1 is 1.20 bits per heavy atom. The number of halogens is 1. The largest absolute Gasteiger partial charge is 0.462 e. The Labute approximate surface area is 218 Å². The molecule has 2 heterocycles. The van der Waals surface area contributed by atoms with Gasteiger partial charge in [-0.1, -0.05) is 83.4 Å². The standard InChI is InChI=1S/C9H19N.C8H6ClN.C8H16.C5H4O2/c1-4-8(2)9-5-6-10(3)7-9;1-6-2-3-7(5-10)8(9)4-6;1-2-8-6-4-3-5-7-8;6-4-5-2-1-3-7-5/h8-9H,4-7H2,1-3H3;2-4H,1H3;8H,2-7H2,1H3;1-4H. The summed E-state index contributed by atoms with van der Waals surface area (Å²) < 4.78 is 4.61. The maximum Gasteiger partial charge on any atom is 0.185 e. The van der Waals surface area contributed by atoms with Crippen LogP contribution < -0.4 is 0 Å². The molecule has 0 N–H and O–H groups in total. The lowest BCUT2D eigenvalue weighted by Gasteiger charge is -2.18. The first-order valence-electron chi connectivity index (χ1n) is 13.2. The summed E-state index contributed by atoms with van der Waals surface area (Å²) in [4.78, 5) is 12.2. The number of nitrogens with zero attached hydrogens (tertiary/aromatic N) is 2. The van der Waals surface area contributed by atoms with Crippen LogP contribution in [0.25, 0.3) is 0 Å². The number of rotatable bonds is 4. The van der Waals surface area contributed by atoms with E-state index in [-0.39, 0.29) is 0 Å².